The third kappa shape index (κ3) is 4.14. The van der Waals surface area contributed by atoms with Crippen molar-refractivity contribution in [2.75, 3.05) is 26.2 Å². The molecule has 1 aliphatic rings. The summed E-state index contributed by atoms with van der Waals surface area (Å²) in [6, 6.07) is 13.8. The van der Waals surface area contributed by atoms with Crippen LogP contribution in [-0.4, -0.2) is 47.5 Å². The first kappa shape index (κ1) is 18.2. The maximum atomic E-state index is 12.5. The summed E-state index contributed by atoms with van der Waals surface area (Å²) in [6.07, 6.45) is 1.84. The van der Waals surface area contributed by atoms with E-state index in [2.05, 4.69) is 10.2 Å². The lowest BCUT2D eigenvalue weighted by atomic mass is 9.97. The second-order valence-electron chi connectivity index (χ2n) is 6.83. The Hall–Kier alpha value is -2.60. The third-order valence-electron chi connectivity index (χ3n) is 5.05. The van der Waals surface area contributed by atoms with Crippen LogP contribution in [0.2, 0.25) is 0 Å². The summed E-state index contributed by atoms with van der Waals surface area (Å²) in [7, 11) is 1.90. The third-order valence-corrected chi connectivity index (χ3v) is 5.05. The van der Waals surface area contributed by atoms with Gasteiger partial charge in [0.05, 0.1) is 5.92 Å². The van der Waals surface area contributed by atoms with E-state index in [1.807, 2.05) is 54.1 Å². The van der Waals surface area contributed by atoms with Crippen LogP contribution in [0.25, 0.3) is 11.3 Å². The first-order valence-electron chi connectivity index (χ1n) is 9.07. The summed E-state index contributed by atoms with van der Waals surface area (Å²) >= 11 is 0. The number of piperidine rings is 1. The first-order chi connectivity index (χ1) is 12.6. The molecule has 6 heteroatoms. The highest BCUT2D eigenvalue weighted by Crippen LogP contribution is 2.21. The molecule has 26 heavy (non-hydrogen) atoms. The van der Waals surface area contributed by atoms with Crippen LogP contribution in [0.5, 0.6) is 0 Å². The van der Waals surface area contributed by atoms with Crippen molar-refractivity contribution in [1.29, 1.82) is 0 Å². The fraction of sp³-hybridized carbons (Fsp3) is 0.400. The maximum absolute atomic E-state index is 12.5. The quantitative estimate of drug-likeness (QED) is 0.827. The van der Waals surface area contributed by atoms with Gasteiger partial charge in [-0.3, -0.25) is 9.59 Å². The van der Waals surface area contributed by atoms with Gasteiger partial charge in [-0.25, -0.2) is 0 Å². The second kappa shape index (κ2) is 8.19. The number of rotatable bonds is 6. The minimum atomic E-state index is -0.226. The van der Waals surface area contributed by atoms with Crippen LogP contribution in [-0.2, 0) is 11.8 Å². The molecule has 0 bridgehead atoms. The lowest BCUT2D eigenvalue weighted by Crippen LogP contribution is -2.44. The lowest BCUT2D eigenvalue weighted by molar-refractivity contribution is -0.123. The minimum Gasteiger partial charge on any atom is -0.369 e. The number of nitrogens with zero attached hydrogens (tertiary/aromatic N) is 2. The fourth-order valence-corrected chi connectivity index (χ4v) is 3.55. The number of benzene rings is 1. The van der Waals surface area contributed by atoms with Gasteiger partial charge in [-0.15, -0.1) is 0 Å². The Kier molecular flexibility index (Phi) is 5.73. The van der Waals surface area contributed by atoms with Crippen molar-refractivity contribution in [3.05, 3.63) is 48.2 Å². The van der Waals surface area contributed by atoms with E-state index < -0.39 is 0 Å². The molecule has 2 aromatic rings. The number of primary amides is 1. The molecule has 1 fully saturated rings. The molecular weight excluding hydrogens is 328 g/mol. The molecule has 2 amide bonds. The Bertz CT molecular complexity index is 769. The molecule has 1 atom stereocenters. The van der Waals surface area contributed by atoms with Crippen molar-refractivity contribution in [2.45, 2.75) is 12.8 Å². The molecule has 3 rings (SSSR count). The van der Waals surface area contributed by atoms with Crippen LogP contribution >= 0.6 is 0 Å². The van der Waals surface area contributed by atoms with Crippen molar-refractivity contribution >= 4 is 11.8 Å². The van der Waals surface area contributed by atoms with Crippen LogP contribution in [0.4, 0.5) is 0 Å². The number of aromatic nitrogens is 1. The van der Waals surface area contributed by atoms with Crippen LogP contribution in [0.15, 0.2) is 42.5 Å². The van der Waals surface area contributed by atoms with Crippen LogP contribution in [0, 0.1) is 5.92 Å². The molecule has 138 valence electrons. The van der Waals surface area contributed by atoms with Crippen molar-refractivity contribution in [2.24, 2.45) is 18.7 Å². The Morgan fingerprint density at radius 3 is 2.69 bits per heavy atom. The summed E-state index contributed by atoms with van der Waals surface area (Å²) < 4.78 is 1.91. The Labute approximate surface area is 154 Å². The predicted octanol–water partition coefficient (Wildman–Crippen LogP) is 1.62. The van der Waals surface area contributed by atoms with E-state index in [1.54, 1.807) is 0 Å². The van der Waals surface area contributed by atoms with Crippen molar-refractivity contribution in [1.82, 2.24) is 14.8 Å². The molecule has 1 saturated heterocycles. The normalized spacial score (nSPS) is 17.8. The van der Waals surface area contributed by atoms with E-state index in [9.17, 15) is 9.59 Å². The van der Waals surface area contributed by atoms with E-state index in [1.165, 1.54) is 0 Å². The number of carbonyl (C=O) groups is 2. The van der Waals surface area contributed by atoms with Gasteiger partial charge in [0.2, 0.25) is 5.91 Å². The number of nitrogens with one attached hydrogen (secondary N) is 1. The summed E-state index contributed by atoms with van der Waals surface area (Å²) in [4.78, 5) is 26.0. The van der Waals surface area contributed by atoms with Crippen molar-refractivity contribution in [3.63, 3.8) is 0 Å². The number of carbonyl (C=O) groups excluding carboxylic acids is 2. The molecule has 0 spiro atoms. The second-order valence-corrected chi connectivity index (χ2v) is 6.83. The highest BCUT2D eigenvalue weighted by molar-refractivity contribution is 5.93. The highest BCUT2D eigenvalue weighted by Gasteiger charge is 2.23. The zero-order chi connectivity index (χ0) is 18.5. The SMILES string of the molecule is Cn1c(C(=O)NCCN2CCCC(C(N)=O)C2)ccc1-c1ccccc1. The van der Waals surface area contributed by atoms with Gasteiger partial charge in [0.1, 0.15) is 5.69 Å². The van der Waals surface area contributed by atoms with Gasteiger partial charge in [0.25, 0.3) is 5.91 Å². The maximum Gasteiger partial charge on any atom is 0.267 e. The summed E-state index contributed by atoms with van der Waals surface area (Å²) in [5.74, 6) is -0.380. The molecule has 1 unspecified atom stereocenters. The van der Waals surface area contributed by atoms with Gasteiger partial charge in [0, 0.05) is 32.4 Å². The molecule has 2 heterocycles. The largest absolute Gasteiger partial charge is 0.369 e. The zero-order valence-corrected chi connectivity index (χ0v) is 15.1. The van der Waals surface area contributed by atoms with E-state index in [0.717, 1.165) is 37.2 Å². The number of hydrogen-bond acceptors (Lipinski definition) is 3. The average molecular weight is 354 g/mol. The average Bonchev–Trinajstić information content (AvgIpc) is 3.04. The van der Waals surface area contributed by atoms with Gasteiger partial charge in [0.15, 0.2) is 0 Å². The summed E-state index contributed by atoms with van der Waals surface area (Å²) in [5.41, 5.74) is 8.14. The smallest absolute Gasteiger partial charge is 0.267 e. The number of hydrogen-bond donors (Lipinski definition) is 2. The van der Waals surface area contributed by atoms with Crippen LogP contribution in [0.1, 0.15) is 23.3 Å². The molecule has 1 aromatic heterocycles. The molecule has 6 nitrogen and oxygen atoms in total. The monoisotopic (exact) mass is 354 g/mol. The van der Waals surface area contributed by atoms with E-state index in [-0.39, 0.29) is 17.7 Å². The topological polar surface area (TPSA) is 80.4 Å². The summed E-state index contributed by atoms with van der Waals surface area (Å²) in [6.45, 7) is 2.91. The highest BCUT2D eigenvalue weighted by atomic mass is 16.2. The fourth-order valence-electron chi connectivity index (χ4n) is 3.55. The van der Waals surface area contributed by atoms with E-state index in [0.29, 0.717) is 18.8 Å². The molecule has 0 aliphatic carbocycles. The molecule has 1 aromatic carbocycles. The summed E-state index contributed by atoms with van der Waals surface area (Å²) in [5, 5.41) is 2.98. The van der Waals surface area contributed by atoms with Crippen LogP contribution in [0.3, 0.4) is 0 Å². The van der Waals surface area contributed by atoms with E-state index in [4.69, 9.17) is 5.73 Å². The molecule has 1 aliphatic heterocycles. The zero-order valence-electron chi connectivity index (χ0n) is 15.1. The number of amides is 2. The molecule has 0 radical (unpaired) electrons. The predicted molar refractivity (Wildman–Crippen MR) is 102 cm³/mol. The number of nitrogens with two attached hydrogens (primary N) is 1. The Balaban J connectivity index is 1.54. The Morgan fingerprint density at radius 2 is 1.96 bits per heavy atom. The Morgan fingerprint density at radius 1 is 1.19 bits per heavy atom. The lowest BCUT2D eigenvalue weighted by Gasteiger charge is -2.31. The van der Waals surface area contributed by atoms with Gasteiger partial charge >= 0.3 is 0 Å². The standard InChI is InChI=1S/C20H26N4O2/c1-23-17(15-6-3-2-4-7-15)9-10-18(23)20(26)22-11-13-24-12-5-8-16(14-24)19(21)25/h2-4,6-7,9-10,16H,5,8,11-14H2,1H3,(H2,21,25)(H,22,26). The van der Waals surface area contributed by atoms with Gasteiger partial charge in [-0.1, -0.05) is 30.3 Å². The molecular formula is C20H26N4O2. The first-order valence-corrected chi connectivity index (χ1v) is 9.07. The molecule has 0 saturated carbocycles. The van der Waals surface area contributed by atoms with Crippen molar-refractivity contribution in [3.8, 4) is 11.3 Å². The van der Waals surface area contributed by atoms with Gasteiger partial charge in [-0.2, -0.15) is 0 Å². The molecule has 3 N–H and O–H groups in total. The van der Waals surface area contributed by atoms with Gasteiger partial charge in [-0.05, 0) is 37.1 Å². The van der Waals surface area contributed by atoms with Crippen molar-refractivity contribution < 1.29 is 9.59 Å². The van der Waals surface area contributed by atoms with Crippen LogP contribution < -0.4 is 11.1 Å². The van der Waals surface area contributed by atoms with E-state index >= 15 is 0 Å². The minimum absolute atomic E-state index is 0.0687. The van der Waals surface area contributed by atoms with Gasteiger partial charge < -0.3 is 20.5 Å². The number of likely N-dealkylation sites (tertiary alicyclic amines) is 1.